The van der Waals surface area contributed by atoms with Crippen molar-refractivity contribution in [3.05, 3.63) is 41.2 Å². The van der Waals surface area contributed by atoms with Crippen molar-refractivity contribution in [2.24, 2.45) is 0 Å². The van der Waals surface area contributed by atoms with Crippen molar-refractivity contribution in [1.29, 1.82) is 0 Å². The van der Waals surface area contributed by atoms with Crippen LogP contribution in [0.15, 0.2) is 30.5 Å². The smallest absolute Gasteiger partial charge is 0.261 e. The number of ether oxygens (including phenoxy) is 1. The number of amides is 1. The second-order valence-electron chi connectivity index (χ2n) is 3.62. The van der Waals surface area contributed by atoms with Crippen LogP contribution in [0.5, 0.6) is 5.75 Å². The zero-order valence-electron chi connectivity index (χ0n) is 10.1. The Bertz CT molecular complexity index is 618. The third-order valence-electron chi connectivity index (χ3n) is 2.32. The number of nitrogen functional groups attached to an aromatic ring is 1. The van der Waals surface area contributed by atoms with E-state index in [-0.39, 0.29) is 11.1 Å². The molecule has 0 aliphatic heterocycles. The predicted octanol–water partition coefficient (Wildman–Crippen LogP) is 1.97. The molecule has 0 unspecified atom stereocenters. The number of aromatic nitrogens is 2. The Morgan fingerprint density at radius 2 is 2.21 bits per heavy atom. The summed E-state index contributed by atoms with van der Waals surface area (Å²) in [6.45, 7) is 0. The number of nitrogens with one attached hydrogen (secondary N) is 1. The molecule has 1 amide bonds. The van der Waals surface area contributed by atoms with Crippen LogP contribution in [0.2, 0.25) is 5.15 Å². The fourth-order valence-electron chi connectivity index (χ4n) is 1.46. The number of hydrogen-bond acceptors (Lipinski definition) is 5. The monoisotopic (exact) mass is 278 g/mol. The zero-order valence-corrected chi connectivity index (χ0v) is 10.8. The minimum Gasteiger partial charge on any atom is -0.496 e. The molecular weight excluding hydrogens is 268 g/mol. The normalized spacial score (nSPS) is 10.0. The molecule has 0 atom stereocenters. The van der Waals surface area contributed by atoms with Crippen molar-refractivity contribution in [1.82, 2.24) is 9.97 Å². The number of rotatable bonds is 3. The van der Waals surface area contributed by atoms with E-state index >= 15 is 0 Å². The molecular formula is C12H11ClN4O2. The molecule has 2 aromatic rings. The molecule has 0 radical (unpaired) electrons. The summed E-state index contributed by atoms with van der Waals surface area (Å²) >= 11 is 5.71. The standard InChI is InChI=1S/C12H11ClN4O2/c1-19-9-6-7(14)2-3-8(9)11(18)17-12-15-5-4-10(13)16-12/h2-6H,14H2,1H3,(H,15,16,17,18). The summed E-state index contributed by atoms with van der Waals surface area (Å²) in [5.41, 5.74) is 6.46. The molecule has 0 spiro atoms. The molecule has 3 N–H and O–H groups in total. The summed E-state index contributed by atoms with van der Waals surface area (Å²) in [7, 11) is 1.46. The first-order chi connectivity index (χ1) is 9.10. The van der Waals surface area contributed by atoms with Gasteiger partial charge in [-0.25, -0.2) is 9.97 Å². The lowest BCUT2D eigenvalue weighted by Gasteiger charge is -2.09. The van der Waals surface area contributed by atoms with Gasteiger partial charge in [0, 0.05) is 18.0 Å². The van der Waals surface area contributed by atoms with Crippen molar-refractivity contribution in [2.75, 3.05) is 18.2 Å². The molecule has 1 aromatic carbocycles. The van der Waals surface area contributed by atoms with Gasteiger partial charge in [-0.15, -0.1) is 0 Å². The number of nitrogens with zero attached hydrogens (tertiary/aromatic N) is 2. The van der Waals surface area contributed by atoms with Gasteiger partial charge in [0.25, 0.3) is 5.91 Å². The van der Waals surface area contributed by atoms with Crippen molar-refractivity contribution < 1.29 is 9.53 Å². The van der Waals surface area contributed by atoms with Gasteiger partial charge in [0.1, 0.15) is 10.9 Å². The van der Waals surface area contributed by atoms with Crippen LogP contribution < -0.4 is 15.8 Å². The Balaban J connectivity index is 2.25. The number of carbonyl (C=O) groups is 1. The second kappa shape index (κ2) is 5.53. The summed E-state index contributed by atoms with van der Waals surface area (Å²) in [6, 6.07) is 6.25. The summed E-state index contributed by atoms with van der Waals surface area (Å²) in [5, 5.41) is 2.77. The van der Waals surface area contributed by atoms with E-state index < -0.39 is 5.91 Å². The molecule has 1 aromatic heterocycles. The minimum absolute atomic E-state index is 0.122. The quantitative estimate of drug-likeness (QED) is 0.662. The highest BCUT2D eigenvalue weighted by Gasteiger charge is 2.13. The number of anilines is 2. The average Bonchev–Trinajstić information content (AvgIpc) is 2.38. The molecule has 19 heavy (non-hydrogen) atoms. The van der Waals surface area contributed by atoms with E-state index in [0.29, 0.717) is 17.0 Å². The Morgan fingerprint density at radius 3 is 2.89 bits per heavy atom. The van der Waals surface area contributed by atoms with E-state index in [9.17, 15) is 4.79 Å². The number of methoxy groups -OCH3 is 1. The van der Waals surface area contributed by atoms with E-state index in [4.69, 9.17) is 22.1 Å². The summed E-state index contributed by atoms with van der Waals surface area (Å²) in [6.07, 6.45) is 1.45. The Hall–Kier alpha value is -2.34. The van der Waals surface area contributed by atoms with Gasteiger partial charge in [0.15, 0.2) is 0 Å². The summed E-state index contributed by atoms with van der Waals surface area (Å²) in [4.78, 5) is 19.8. The molecule has 0 saturated heterocycles. The van der Waals surface area contributed by atoms with Gasteiger partial charge >= 0.3 is 0 Å². The zero-order chi connectivity index (χ0) is 13.8. The third kappa shape index (κ3) is 3.11. The van der Waals surface area contributed by atoms with Gasteiger partial charge in [0.2, 0.25) is 5.95 Å². The van der Waals surface area contributed by atoms with Crippen LogP contribution in [-0.2, 0) is 0 Å². The lowest BCUT2D eigenvalue weighted by atomic mass is 10.1. The maximum atomic E-state index is 12.1. The van der Waals surface area contributed by atoms with Crippen molar-refractivity contribution in [3.63, 3.8) is 0 Å². The molecule has 0 aliphatic carbocycles. The average molecular weight is 279 g/mol. The topological polar surface area (TPSA) is 90.1 Å². The van der Waals surface area contributed by atoms with Gasteiger partial charge < -0.3 is 10.5 Å². The largest absolute Gasteiger partial charge is 0.496 e. The Morgan fingerprint density at radius 1 is 1.42 bits per heavy atom. The Kier molecular flexibility index (Phi) is 3.82. The molecule has 0 aliphatic rings. The first-order valence-electron chi connectivity index (χ1n) is 5.33. The highest BCUT2D eigenvalue weighted by atomic mass is 35.5. The number of hydrogen-bond donors (Lipinski definition) is 2. The maximum absolute atomic E-state index is 12.1. The predicted molar refractivity (Wildman–Crippen MR) is 72.4 cm³/mol. The first-order valence-corrected chi connectivity index (χ1v) is 5.71. The van der Waals surface area contributed by atoms with Crippen LogP contribution >= 0.6 is 11.6 Å². The molecule has 2 rings (SSSR count). The van der Waals surface area contributed by atoms with Gasteiger partial charge in [-0.05, 0) is 18.2 Å². The van der Waals surface area contributed by atoms with Gasteiger partial charge in [-0.3, -0.25) is 10.1 Å². The minimum atomic E-state index is -0.404. The highest BCUT2D eigenvalue weighted by Crippen LogP contribution is 2.22. The molecule has 7 heteroatoms. The lowest BCUT2D eigenvalue weighted by Crippen LogP contribution is -2.15. The van der Waals surface area contributed by atoms with Gasteiger partial charge in [-0.1, -0.05) is 11.6 Å². The fourth-order valence-corrected chi connectivity index (χ4v) is 1.60. The van der Waals surface area contributed by atoms with E-state index in [2.05, 4.69) is 15.3 Å². The van der Waals surface area contributed by atoms with Crippen LogP contribution in [-0.4, -0.2) is 23.0 Å². The first kappa shape index (κ1) is 13.1. The SMILES string of the molecule is COc1cc(N)ccc1C(=O)Nc1nccc(Cl)n1. The number of carbonyl (C=O) groups excluding carboxylic acids is 1. The molecule has 0 bridgehead atoms. The van der Waals surface area contributed by atoms with Crippen LogP contribution in [0.3, 0.4) is 0 Å². The van der Waals surface area contributed by atoms with Crippen LogP contribution in [0.1, 0.15) is 10.4 Å². The molecule has 98 valence electrons. The molecule has 6 nitrogen and oxygen atoms in total. The van der Waals surface area contributed by atoms with E-state index in [0.717, 1.165) is 0 Å². The van der Waals surface area contributed by atoms with E-state index in [1.165, 1.54) is 19.4 Å². The summed E-state index contributed by atoms with van der Waals surface area (Å²) in [5.74, 6) is 0.0926. The number of nitrogens with two attached hydrogens (primary N) is 1. The second-order valence-corrected chi connectivity index (χ2v) is 4.00. The molecule has 1 heterocycles. The fraction of sp³-hybridized carbons (Fsp3) is 0.0833. The van der Waals surface area contributed by atoms with Crippen molar-refractivity contribution in [2.45, 2.75) is 0 Å². The lowest BCUT2D eigenvalue weighted by molar-refractivity contribution is 0.102. The molecule has 0 saturated carbocycles. The molecule has 0 fully saturated rings. The van der Waals surface area contributed by atoms with Crippen LogP contribution in [0.4, 0.5) is 11.6 Å². The van der Waals surface area contributed by atoms with E-state index in [1.807, 2.05) is 0 Å². The maximum Gasteiger partial charge on any atom is 0.261 e. The summed E-state index contributed by atoms with van der Waals surface area (Å²) < 4.78 is 5.10. The van der Waals surface area contributed by atoms with E-state index in [1.54, 1.807) is 18.2 Å². The van der Waals surface area contributed by atoms with Crippen molar-refractivity contribution in [3.8, 4) is 5.75 Å². The van der Waals surface area contributed by atoms with Gasteiger partial charge in [-0.2, -0.15) is 0 Å². The number of benzene rings is 1. The highest BCUT2D eigenvalue weighted by molar-refractivity contribution is 6.29. The van der Waals surface area contributed by atoms with Crippen LogP contribution in [0, 0.1) is 0 Å². The number of halogens is 1. The van der Waals surface area contributed by atoms with Crippen LogP contribution in [0.25, 0.3) is 0 Å². The Labute approximate surface area is 114 Å². The van der Waals surface area contributed by atoms with Gasteiger partial charge in [0.05, 0.1) is 12.7 Å². The third-order valence-corrected chi connectivity index (χ3v) is 2.53. The van der Waals surface area contributed by atoms with Crippen molar-refractivity contribution >= 4 is 29.1 Å².